The summed E-state index contributed by atoms with van der Waals surface area (Å²) in [5, 5.41) is 59.0. The largest absolute Gasteiger partial charge is 0.478 e. The maximum atomic E-state index is 12.7. The number of esters is 1. The molecule has 3 aromatic carbocycles. The van der Waals surface area contributed by atoms with Crippen LogP contribution in [0.4, 0.5) is 44.1 Å². The van der Waals surface area contributed by atoms with Gasteiger partial charge in [0.15, 0.2) is 12.6 Å². The first kappa shape index (κ1) is 97.6. The van der Waals surface area contributed by atoms with Gasteiger partial charge in [-0.15, -0.1) is 0 Å². The van der Waals surface area contributed by atoms with Crippen LogP contribution in [0, 0.1) is 27.2 Å². The lowest BCUT2D eigenvalue weighted by atomic mass is 10.0. The number of hydrazine groups is 1. The van der Waals surface area contributed by atoms with Crippen molar-refractivity contribution in [3.05, 3.63) is 235 Å². The number of ether oxygens (including phenoxy) is 5. The van der Waals surface area contributed by atoms with E-state index in [0.717, 1.165) is 55.5 Å². The van der Waals surface area contributed by atoms with E-state index in [-0.39, 0.29) is 95.9 Å². The van der Waals surface area contributed by atoms with Crippen LogP contribution in [0.2, 0.25) is 36.1 Å². The number of cyclic esters (lactones) is 1. The average molecular weight is 1870 g/mol. The molecule has 11 aromatic heterocycles. The second kappa shape index (κ2) is 43.6. The number of aliphatic hydroxyl groups is 1. The Hall–Kier alpha value is -12.2. The number of fused-ring (bicyclic) bond motifs is 7. The van der Waals surface area contributed by atoms with Crippen molar-refractivity contribution in [2.24, 2.45) is 17.4 Å². The number of pyridine rings is 5. The Labute approximate surface area is 752 Å². The maximum Gasteiger partial charge on any atom is 0.408 e. The summed E-state index contributed by atoms with van der Waals surface area (Å²) < 4.78 is 25.8. The standard InChI is InChI=1S/C26H31N7O4.C16H12ClN5O.C10H18N2O3.C9H10N2.C7H3Cl2N3O.C7H3Cl2NO3.C6H3Cl2NO2.CH4.H4N2/c1-14-11-27-22-16(14)6-5-7-18(22)30-23-21-15(12-28-33-24(21)34)10-20(32-23)29-17-8-9-36-13-19(17)31-25(35)37-26(2,3)4;1-8-6-18-14-10(8)3-2-4-11(14)20-15-13-9(5-12(17)21-15)7-19-22-16(13)23;1-10(2,3)15-9(13)12-8-6-14-5-4-7(8)11;1-6-5-11-9-7(6)3-2-4-8(9)10;8-4-1-3-2-10-12-7(13)5(3)6(9)11-4;8-3-1-2-4(5(9)10-3)7(12)13-6(2)11;7-4-2-1-3(6(10)11)5(8)9-4;;1-2/h5-7,10-12,17,19,27H,8-9,13H2,1-4H3,(H,31,35)(H,33,34)(H2,29,30,32);2-7,18H,1H3,(H,20,21)(H,22,23);4,7-8H,5-6,11H2,1-3H3;2-5,11H,10H2,1H3;1-2H,(H,12,13);1,6,11H;1-2H,(H,10,11);1H4;1-2H2/p+1/t17-,19+;;7-,8+;;;;;;/m1.1....../s1. The quantitative estimate of drug-likeness (QED) is 0.0121. The number of aromatic amines is 6. The average Bonchev–Trinajstić information content (AvgIpc) is 1.79. The van der Waals surface area contributed by atoms with Crippen molar-refractivity contribution in [3.63, 3.8) is 0 Å². The van der Waals surface area contributed by atoms with Crippen LogP contribution in [0.3, 0.4) is 0 Å². The fourth-order valence-corrected chi connectivity index (χ4v) is 14.2. The van der Waals surface area contributed by atoms with Gasteiger partial charge in [-0.05, 0) is 140 Å². The zero-order valence-electron chi connectivity index (χ0n) is 68.0. The molecule has 17 rings (SSSR count). The number of halogens is 7. The predicted octanol–water partition coefficient (Wildman–Crippen LogP) is 14.7. The van der Waals surface area contributed by atoms with E-state index in [1.807, 2.05) is 129 Å². The zero-order chi connectivity index (χ0) is 90.9. The van der Waals surface area contributed by atoms with E-state index in [1.54, 1.807) is 24.5 Å². The van der Waals surface area contributed by atoms with Crippen molar-refractivity contribution in [1.82, 2.24) is 81.1 Å². The van der Waals surface area contributed by atoms with Crippen LogP contribution < -0.4 is 66.4 Å². The molecule has 0 aliphatic carbocycles. The summed E-state index contributed by atoms with van der Waals surface area (Å²) in [6.45, 7) is 18.9. The molecule has 0 saturated carbocycles. The summed E-state index contributed by atoms with van der Waals surface area (Å²) in [4.78, 5) is 111. The van der Waals surface area contributed by atoms with E-state index in [9.17, 15) is 38.7 Å². The van der Waals surface area contributed by atoms with Crippen LogP contribution in [0.5, 0.6) is 0 Å². The van der Waals surface area contributed by atoms with E-state index < -0.39 is 41.6 Å². The minimum Gasteiger partial charge on any atom is -0.478 e. The molecule has 14 aromatic rings. The third-order valence-corrected chi connectivity index (χ3v) is 19.8. The van der Waals surface area contributed by atoms with Gasteiger partial charge in [-0.3, -0.25) is 31.8 Å². The number of hydrogen-bond acceptors (Lipinski definition) is 28. The van der Waals surface area contributed by atoms with Crippen LogP contribution in [-0.4, -0.2) is 167 Å². The summed E-state index contributed by atoms with van der Waals surface area (Å²) in [6, 6.07) is 25.8. The lowest BCUT2D eigenvalue weighted by molar-refractivity contribution is -0.0548. The molecule has 0 spiro atoms. The van der Waals surface area contributed by atoms with Gasteiger partial charge in [-0.2, -0.15) is 15.3 Å². The van der Waals surface area contributed by atoms with Gasteiger partial charge in [0.1, 0.15) is 82.8 Å². The fourth-order valence-electron chi connectivity index (χ4n) is 12.5. The Balaban J connectivity index is 0.000000175. The van der Waals surface area contributed by atoms with Crippen LogP contribution in [0.25, 0.3) is 65.0 Å². The van der Waals surface area contributed by atoms with E-state index in [0.29, 0.717) is 87.8 Å². The lowest BCUT2D eigenvalue weighted by Crippen LogP contribution is -2.54. The predicted molar refractivity (Wildman–Crippen MR) is 489 cm³/mol. The smallest absolute Gasteiger partial charge is 0.408 e. The Morgan fingerprint density at radius 2 is 1.02 bits per heavy atom. The normalized spacial score (nSPS) is 15.5. The molecule has 21 N–H and O–H groups in total. The van der Waals surface area contributed by atoms with Gasteiger partial charge in [-0.1, -0.05) is 125 Å². The Morgan fingerprint density at radius 1 is 0.556 bits per heavy atom. The van der Waals surface area contributed by atoms with Gasteiger partial charge < -0.3 is 81.2 Å². The Morgan fingerprint density at radius 3 is 1.54 bits per heavy atom. The summed E-state index contributed by atoms with van der Waals surface area (Å²) in [5.74, 6) is 7.54. The number of H-pyrrole nitrogens is 6. The second-order valence-electron chi connectivity index (χ2n) is 29.5. The monoisotopic (exact) mass is 1860 g/mol. The first-order valence-electron chi connectivity index (χ1n) is 37.6. The van der Waals surface area contributed by atoms with Crippen LogP contribution in [-0.2, 0) is 23.7 Å². The molecule has 2 amide bonds. The van der Waals surface area contributed by atoms with Gasteiger partial charge in [0.05, 0.1) is 99.2 Å². The van der Waals surface area contributed by atoms with Crippen LogP contribution in [0.1, 0.15) is 105 Å². The minimum absolute atomic E-state index is 0. The van der Waals surface area contributed by atoms with E-state index >= 15 is 0 Å². The van der Waals surface area contributed by atoms with Crippen molar-refractivity contribution in [2.45, 2.75) is 118 Å². The molecule has 3 aliphatic rings. The van der Waals surface area contributed by atoms with E-state index in [4.69, 9.17) is 122 Å². The first-order chi connectivity index (χ1) is 59.4. The van der Waals surface area contributed by atoms with Crippen molar-refractivity contribution in [3.8, 4) is 0 Å². The number of aromatic nitrogens is 14. The molecule has 1 unspecified atom stereocenters. The SMILES string of the molecule is C.CC(C)(C)OC(=O)N[C@H]1COC[CH+][C@H]1N.Cc1c[nH]c2c(N)cccc12.Cc1c[nH]c2c(Nc3nc(Cl)cc4cn[nH]c(=O)c34)cccc12.Cc1c[nH]c2c(Nc3nc(N[C@@H]4CCOC[C@@H]4NC(=O)OC(C)(C)C)cc4cn[nH]c(=O)c34)cccc12.NN.O=C(O)c1ccc(Cl)nc1Cl.O=C1OC(O)c2cc(Cl)nc(Cl)c21.O=c1[nH]ncc2cc(Cl)nc(Cl)c12. The first-order valence-corrected chi connectivity index (χ1v) is 40.3. The maximum absolute atomic E-state index is 12.7. The molecule has 0 bridgehead atoms. The number of rotatable bonds is 9. The number of amides is 2. The molecule has 664 valence electrons. The number of anilines is 6. The molecule has 2 fully saturated rings. The van der Waals surface area contributed by atoms with Gasteiger partial charge in [0, 0.05) is 63.1 Å². The Kier molecular flexibility index (Phi) is 33.8. The molecule has 37 nitrogen and oxygen atoms in total. The Bertz CT molecular complexity index is 6440. The number of hydrogen-bond donors (Lipinski definition) is 17. The molecule has 0 radical (unpaired) electrons. The van der Waals surface area contributed by atoms with Crippen molar-refractivity contribution in [1.29, 1.82) is 0 Å². The molecule has 5 atom stereocenters. The summed E-state index contributed by atoms with van der Waals surface area (Å²) >= 11 is 39.5. The third kappa shape index (κ3) is 25.5. The molecular weight excluding hydrogens is 1780 g/mol. The number of carbonyl (C=O) groups is 4. The number of aliphatic hydroxyl groups excluding tert-OH is 1. The highest BCUT2D eigenvalue weighted by molar-refractivity contribution is 6.37. The number of aryl methyl sites for hydroxylation is 3. The highest BCUT2D eigenvalue weighted by atomic mass is 35.5. The summed E-state index contributed by atoms with van der Waals surface area (Å²) in [5.41, 5.74) is 18.6. The molecule has 44 heteroatoms. The number of nitrogens with two attached hydrogens (primary N) is 4. The number of carbonyl (C=O) groups excluding carboxylic acids is 3. The number of nitrogen functional groups attached to an aromatic ring is 1. The van der Waals surface area contributed by atoms with Crippen molar-refractivity contribution >= 4 is 205 Å². The van der Waals surface area contributed by atoms with Crippen LogP contribution in [0.15, 0.2) is 143 Å². The molecule has 14 heterocycles. The molecular formula is C82H89Cl7N23O14+. The topological polar surface area (TPSA) is 568 Å². The lowest BCUT2D eigenvalue weighted by Gasteiger charge is -2.33. The number of carboxylic acids is 1. The summed E-state index contributed by atoms with van der Waals surface area (Å²) in [7, 11) is 0. The summed E-state index contributed by atoms with van der Waals surface area (Å²) in [6.07, 6.45) is 10.7. The molecule has 126 heavy (non-hydrogen) atoms. The fraction of sp³-hybridized carbons (Fsp3) is 0.268. The number of para-hydroxylation sites is 3. The van der Waals surface area contributed by atoms with Crippen LogP contribution >= 0.6 is 81.2 Å². The number of aromatic carboxylic acids is 1. The number of benzene rings is 3. The highest BCUT2D eigenvalue weighted by Crippen LogP contribution is 2.36. The number of nitrogens with one attached hydrogen (secondary N) is 11. The van der Waals surface area contributed by atoms with Crippen molar-refractivity contribution < 1.29 is 53.1 Å². The van der Waals surface area contributed by atoms with Gasteiger partial charge in [-0.25, -0.2) is 59.4 Å². The third-order valence-electron chi connectivity index (χ3n) is 18.2. The van der Waals surface area contributed by atoms with Gasteiger partial charge in [0.2, 0.25) is 6.29 Å². The van der Waals surface area contributed by atoms with Crippen molar-refractivity contribution in [2.75, 3.05) is 48.1 Å². The number of carboxylic acid groups (broad SMARTS) is 1. The molecule has 2 saturated heterocycles. The van der Waals surface area contributed by atoms with Gasteiger partial charge in [0.25, 0.3) is 16.7 Å². The minimum atomic E-state index is -1.29. The van der Waals surface area contributed by atoms with E-state index in [1.165, 1.54) is 41.4 Å². The molecule has 3 aliphatic heterocycles. The highest BCUT2D eigenvalue weighted by Gasteiger charge is 2.35. The van der Waals surface area contributed by atoms with Gasteiger partial charge >= 0.3 is 24.1 Å². The number of alkyl carbamates (subject to hydrolysis) is 2. The second-order valence-corrected chi connectivity index (χ2v) is 32.1. The van der Waals surface area contributed by atoms with E-state index in [2.05, 4.69) is 121 Å². The number of nitrogens with zero attached hydrogens (tertiary/aromatic N) is 8. The zero-order valence-corrected chi connectivity index (χ0v) is 73.2.